The molecular formula is C15H16ClNO3S. The molecule has 1 atom stereocenters. The van der Waals surface area contributed by atoms with Crippen molar-refractivity contribution in [2.75, 3.05) is 12.9 Å². The highest BCUT2D eigenvalue weighted by Gasteiger charge is 2.45. The SMILES string of the molecule is COC(=O)CC1(CS(=O)Cc2ccc(C#N)cc2Cl)CC1. The van der Waals surface area contributed by atoms with E-state index >= 15 is 0 Å². The summed E-state index contributed by atoms with van der Waals surface area (Å²) in [5.41, 5.74) is 1.10. The molecule has 0 N–H and O–H groups in total. The number of halogens is 1. The number of nitrogens with zero attached hydrogens (tertiary/aromatic N) is 1. The quantitative estimate of drug-likeness (QED) is 0.754. The van der Waals surface area contributed by atoms with Crippen LogP contribution >= 0.6 is 11.6 Å². The third-order valence-electron chi connectivity index (χ3n) is 3.67. The van der Waals surface area contributed by atoms with Crippen molar-refractivity contribution in [1.29, 1.82) is 5.26 Å². The van der Waals surface area contributed by atoms with Crippen molar-refractivity contribution in [3.05, 3.63) is 34.3 Å². The number of hydrogen-bond donors (Lipinski definition) is 0. The van der Waals surface area contributed by atoms with Gasteiger partial charge in [0.2, 0.25) is 0 Å². The number of rotatable bonds is 6. The minimum Gasteiger partial charge on any atom is -0.469 e. The van der Waals surface area contributed by atoms with Crippen LogP contribution in [0.15, 0.2) is 18.2 Å². The monoisotopic (exact) mass is 325 g/mol. The Labute approximate surface area is 131 Å². The van der Waals surface area contributed by atoms with E-state index in [2.05, 4.69) is 4.74 Å². The molecule has 0 aromatic heterocycles. The van der Waals surface area contributed by atoms with Crippen molar-refractivity contribution in [2.24, 2.45) is 5.41 Å². The molecule has 6 heteroatoms. The lowest BCUT2D eigenvalue weighted by Gasteiger charge is -2.13. The van der Waals surface area contributed by atoms with Crippen molar-refractivity contribution in [2.45, 2.75) is 25.0 Å². The highest BCUT2D eigenvalue weighted by Crippen LogP contribution is 2.49. The number of methoxy groups -OCH3 is 1. The summed E-state index contributed by atoms with van der Waals surface area (Å²) in [5, 5.41) is 9.25. The van der Waals surface area contributed by atoms with Crippen LogP contribution in [-0.2, 0) is 26.1 Å². The van der Waals surface area contributed by atoms with Gasteiger partial charge >= 0.3 is 5.97 Å². The summed E-state index contributed by atoms with van der Waals surface area (Å²) in [7, 11) is 0.277. The molecule has 0 spiro atoms. The molecule has 0 radical (unpaired) electrons. The van der Waals surface area contributed by atoms with E-state index < -0.39 is 10.8 Å². The Morgan fingerprint density at radius 1 is 1.52 bits per heavy atom. The van der Waals surface area contributed by atoms with Crippen molar-refractivity contribution < 1.29 is 13.7 Å². The molecular weight excluding hydrogens is 310 g/mol. The zero-order valence-electron chi connectivity index (χ0n) is 11.7. The molecule has 1 aromatic rings. The Morgan fingerprint density at radius 3 is 2.76 bits per heavy atom. The van der Waals surface area contributed by atoms with Gasteiger partial charge in [-0.1, -0.05) is 17.7 Å². The molecule has 1 aromatic carbocycles. The van der Waals surface area contributed by atoms with E-state index in [0.717, 1.165) is 18.4 Å². The average Bonchev–Trinajstić information content (AvgIpc) is 3.19. The number of benzene rings is 1. The van der Waals surface area contributed by atoms with E-state index in [1.54, 1.807) is 18.2 Å². The second kappa shape index (κ2) is 6.59. The second-order valence-corrected chi connectivity index (χ2v) is 7.26. The second-order valence-electron chi connectivity index (χ2n) is 5.40. The number of carbonyl (C=O) groups excluding carboxylic acids is 1. The van der Waals surface area contributed by atoms with Gasteiger partial charge in [-0.25, -0.2) is 0 Å². The van der Waals surface area contributed by atoms with E-state index in [9.17, 15) is 9.00 Å². The van der Waals surface area contributed by atoms with Crippen molar-refractivity contribution in [1.82, 2.24) is 0 Å². The Kier molecular flexibility index (Phi) is 5.02. The van der Waals surface area contributed by atoms with Gasteiger partial charge in [0.05, 0.1) is 30.9 Å². The summed E-state index contributed by atoms with van der Waals surface area (Å²) in [5.74, 6) is 0.576. The molecule has 0 saturated heterocycles. The summed E-state index contributed by atoms with van der Waals surface area (Å²) in [6, 6.07) is 6.99. The van der Waals surface area contributed by atoms with Crippen LogP contribution in [0.1, 0.15) is 30.4 Å². The van der Waals surface area contributed by atoms with Gasteiger partial charge in [-0.15, -0.1) is 0 Å². The lowest BCUT2D eigenvalue weighted by Crippen LogP contribution is -2.18. The summed E-state index contributed by atoms with van der Waals surface area (Å²) in [6.45, 7) is 0. The van der Waals surface area contributed by atoms with Gasteiger partial charge in [0.1, 0.15) is 0 Å². The van der Waals surface area contributed by atoms with Gasteiger partial charge in [-0.05, 0) is 36.0 Å². The zero-order valence-corrected chi connectivity index (χ0v) is 13.3. The van der Waals surface area contributed by atoms with Crippen LogP contribution < -0.4 is 0 Å². The van der Waals surface area contributed by atoms with E-state index in [1.807, 2.05) is 6.07 Å². The van der Waals surface area contributed by atoms with Crippen molar-refractivity contribution in [3.8, 4) is 6.07 Å². The van der Waals surface area contributed by atoms with Gasteiger partial charge in [-0.3, -0.25) is 9.00 Å². The molecule has 1 saturated carbocycles. The molecule has 1 unspecified atom stereocenters. The fraction of sp³-hybridized carbons (Fsp3) is 0.467. The first-order valence-corrected chi connectivity index (χ1v) is 8.45. The first kappa shape index (κ1) is 16.0. The van der Waals surface area contributed by atoms with E-state index in [4.69, 9.17) is 16.9 Å². The van der Waals surface area contributed by atoms with Crippen molar-refractivity contribution in [3.63, 3.8) is 0 Å². The normalized spacial score (nSPS) is 16.8. The summed E-state index contributed by atoms with van der Waals surface area (Å²) in [6.07, 6.45) is 2.15. The lowest BCUT2D eigenvalue weighted by molar-refractivity contribution is -0.141. The highest BCUT2D eigenvalue weighted by atomic mass is 35.5. The lowest BCUT2D eigenvalue weighted by atomic mass is 10.1. The number of hydrogen-bond acceptors (Lipinski definition) is 4. The Balaban J connectivity index is 1.96. The molecule has 2 rings (SSSR count). The van der Waals surface area contributed by atoms with Crippen LogP contribution in [0.5, 0.6) is 0 Å². The smallest absolute Gasteiger partial charge is 0.306 e. The molecule has 0 amide bonds. The highest BCUT2D eigenvalue weighted by molar-refractivity contribution is 7.84. The van der Waals surface area contributed by atoms with Gasteiger partial charge in [0.25, 0.3) is 0 Å². The minimum atomic E-state index is -1.09. The van der Waals surface area contributed by atoms with E-state index in [1.165, 1.54) is 7.11 Å². The number of nitriles is 1. The molecule has 21 heavy (non-hydrogen) atoms. The van der Waals surface area contributed by atoms with Crippen LogP contribution in [0.3, 0.4) is 0 Å². The predicted octanol–water partition coefficient (Wildman–Crippen LogP) is 2.80. The maximum absolute atomic E-state index is 12.3. The predicted molar refractivity (Wildman–Crippen MR) is 81.2 cm³/mol. The molecule has 1 fully saturated rings. The zero-order chi connectivity index (χ0) is 15.5. The Morgan fingerprint density at radius 2 is 2.24 bits per heavy atom. The Bertz CT molecular complexity index is 620. The minimum absolute atomic E-state index is 0.156. The summed E-state index contributed by atoms with van der Waals surface area (Å²) < 4.78 is 17.0. The molecule has 0 heterocycles. The van der Waals surface area contributed by atoms with Gasteiger partial charge < -0.3 is 4.74 Å². The average molecular weight is 326 g/mol. The largest absolute Gasteiger partial charge is 0.469 e. The van der Waals surface area contributed by atoms with Crippen LogP contribution in [-0.4, -0.2) is 23.0 Å². The van der Waals surface area contributed by atoms with E-state index in [-0.39, 0.29) is 11.4 Å². The number of ether oxygens (including phenoxy) is 1. The first-order valence-electron chi connectivity index (χ1n) is 6.58. The molecule has 0 bridgehead atoms. The van der Waals surface area contributed by atoms with E-state index in [0.29, 0.717) is 28.5 Å². The molecule has 112 valence electrons. The van der Waals surface area contributed by atoms with Crippen LogP contribution in [0.4, 0.5) is 0 Å². The van der Waals surface area contributed by atoms with Gasteiger partial charge in [-0.2, -0.15) is 5.26 Å². The number of carbonyl (C=O) groups is 1. The first-order chi connectivity index (χ1) is 9.98. The molecule has 4 nitrogen and oxygen atoms in total. The maximum atomic E-state index is 12.3. The summed E-state index contributed by atoms with van der Waals surface area (Å²) in [4.78, 5) is 11.4. The van der Waals surface area contributed by atoms with Gasteiger partial charge in [0.15, 0.2) is 0 Å². The maximum Gasteiger partial charge on any atom is 0.306 e. The molecule has 1 aliphatic carbocycles. The molecule has 1 aliphatic rings. The fourth-order valence-electron chi connectivity index (χ4n) is 2.23. The fourth-order valence-corrected chi connectivity index (χ4v) is 4.33. The third kappa shape index (κ3) is 4.29. The third-order valence-corrected chi connectivity index (χ3v) is 5.59. The standard InChI is InChI=1S/C15H16ClNO3S/c1-20-14(18)7-15(4-5-15)10-21(19)9-12-3-2-11(8-17)6-13(12)16/h2-3,6H,4-5,7,9-10H2,1H3. The van der Waals surface area contributed by atoms with Crippen LogP contribution in [0.25, 0.3) is 0 Å². The van der Waals surface area contributed by atoms with Crippen LogP contribution in [0.2, 0.25) is 5.02 Å². The topological polar surface area (TPSA) is 67.2 Å². The number of esters is 1. The Hall–Kier alpha value is -1.38. The summed E-state index contributed by atoms with van der Waals surface area (Å²) >= 11 is 6.09. The van der Waals surface area contributed by atoms with Crippen molar-refractivity contribution >= 4 is 28.4 Å². The van der Waals surface area contributed by atoms with Crippen LogP contribution in [0, 0.1) is 16.7 Å². The molecule has 0 aliphatic heterocycles. The van der Waals surface area contributed by atoms with Gasteiger partial charge in [0, 0.05) is 21.6 Å².